The van der Waals surface area contributed by atoms with Crippen molar-refractivity contribution in [3.05, 3.63) is 52.0 Å². The van der Waals surface area contributed by atoms with E-state index in [-0.39, 0.29) is 6.10 Å². The Morgan fingerprint density at radius 2 is 2.19 bits per heavy atom. The fraction of sp³-hybridized carbons (Fsp3) is 0.500. The molecule has 0 amide bonds. The molecule has 1 aromatic heterocycles. The fourth-order valence-electron chi connectivity index (χ4n) is 3.02. The standard InChI is InChI=1S/C20H28N4OS/c1-5-21-20(23-18-11-17(18)15-9-7-6-8-10-15)24(3)12-16-13-26-19(22-16)14(2)25-4/h6-10,13-14,17-18H,5,11-12H2,1-4H3,(H,21,23). The summed E-state index contributed by atoms with van der Waals surface area (Å²) in [6, 6.07) is 11.2. The molecule has 3 unspecified atom stereocenters. The third-order valence-electron chi connectivity index (χ3n) is 4.67. The van der Waals surface area contributed by atoms with Gasteiger partial charge in [-0.3, -0.25) is 4.99 Å². The van der Waals surface area contributed by atoms with Gasteiger partial charge in [0, 0.05) is 38.0 Å². The quantitative estimate of drug-likeness (QED) is 0.593. The highest BCUT2D eigenvalue weighted by Gasteiger charge is 2.39. The third-order valence-corrected chi connectivity index (χ3v) is 5.73. The molecule has 0 bridgehead atoms. The summed E-state index contributed by atoms with van der Waals surface area (Å²) in [5, 5.41) is 6.75. The van der Waals surface area contributed by atoms with Crippen molar-refractivity contribution in [1.82, 2.24) is 15.2 Å². The highest BCUT2D eigenvalue weighted by molar-refractivity contribution is 7.09. The number of nitrogens with one attached hydrogen (secondary N) is 1. The first kappa shape index (κ1) is 18.9. The minimum absolute atomic E-state index is 0.0408. The zero-order valence-corrected chi connectivity index (χ0v) is 16.8. The number of aromatic nitrogens is 1. The highest BCUT2D eigenvalue weighted by atomic mass is 32.1. The number of benzene rings is 1. The van der Waals surface area contributed by atoms with Gasteiger partial charge in [0.25, 0.3) is 0 Å². The molecule has 3 atom stereocenters. The maximum absolute atomic E-state index is 5.35. The van der Waals surface area contributed by atoms with E-state index in [9.17, 15) is 0 Å². The molecule has 6 heteroatoms. The Balaban J connectivity index is 1.59. The van der Waals surface area contributed by atoms with Gasteiger partial charge in [-0.25, -0.2) is 4.98 Å². The predicted octanol–water partition coefficient (Wildman–Crippen LogP) is 3.80. The molecule has 1 saturated carbocycles. The molecule has 26 heavy (non-hydrogen) atoms. The zero-order chi connectivity index (χ0) is 18.5. The summed E-state index contributed by atoms with van der Waals surface area (Å²) in [7, 11) is 3.78. The minimum Gasteiger partial charge on any atom is -0.375 e. The molecule has 5 nitrogen and oxygen atoms in total. The van der Waals surface area contributed by atoms with E-state index in [1.54, 1.807) is 18.4 Å². The topological polar surface area (TPSA) is 49.8 Å². The number of methoxy groups -OCH3 is 1. The molecule has 3 rings (SSSR count). The Hall–Kier alpha value is -1.92. The van der Waals surface area contributed by atoms with Gasteiger partial charge in [0.15, 0.2) is 5.96 Å². The molecule has 0 aliphatic heterocycles. The molecule has 0 saturated heterocycles. The lowest BCUT2D eigenvalue weighted by Crippen LogP contribution is -2.40. The van der Waals surface area contributed by atoms with Crippen molar-refractivity contribution in [2.24, 2.45) is 4.99 Å². The summed E-state index contributed by atoms with van der Waals surface area (Å²) in [5.74, 6) is 1.53. The van der Waals surface area contributed by atoms with Crippen LogP contribution in [0.1, 0.15) is 48.6 Å². The van der Waals surface area contributed by atoms with Crippen LogP contribution in [0, 0.1) is 0 Å². The maximum atomic E-state index is 5.35. The molecule has 1 N–H and O–H groups in total. The van der Waals surface area contributed by atoms with Crippen molar-refractivity contribution in [1.29, 1.82) is 0 Å². The number of hydrogen-bond acceptors (Lipinski definition) is 4. The van der Waals surface area contributed by atoms with Crippen molar-refractivity contribution < 1.29 is 4.74 Å². The molecule has 0 spiro atoms. The van der Waals surface area contributed by atoms with Crippen LogP contribution in [0.25, 0.3) is 0 Å². The number of thiazole rings is 1. The largest absolute Gasteiger partial charge is 0.375 e. The maximum Gasteiger partial charge on any atom is 0.194 e. The van der Waals surface area contributed by atoms with E-state index in [0.29, 0.717) is 12.0 Å². The van der Waals surface area contributed by atoms with Gasteiger partial charge in [0.1, 0.15) is 11.1 Å². The summed E-state index contributed by atoms with van der Waals surface area (Å²) in [6.07, 6.45) is 1.20. The predicted molar refractivity (Wildman–Crippen MR) is 108 cm³/mol. The van der Waals surface area contributed by atoms with Gasteiger partial charge in [-0.15, -0.1) is 11.3 Å². The highest BCUT2D eigenvalue weighted by Crippen LogP contribution is 2.40. The SMILES string of the molecule is CCN=C(NC1CC1c1ccccc1)N(C)Cc1csc(C(C)OC)n1. The van der Waals surface area contributed by atoms with E-state index in [1.807, 2.05) is 6.92 Å². The minimum atomic E-state index is 0.0408. The second-order valence-corrected chi connectivity index (χ2v) is 7.60. The fourth-order valence-corrected chi connectivity index (χ4v) is 3.86. The van der Waals surface area contributed by atoms with Crippen LogP contribution in [-0.2, 0) is 11.3 Å². The summed E-state index contributed by atoms with van der Waals surface area (Å²) < 4.78 is 5.35. The van der Waals surface area contributed by atoms with Crippen LogP contribution in [-0.4, -0.2) is 42.6 Å². The van der Waals surface area contributed by atoms with E-state index in [1.165, 1.54) is 5.56 Å². The van der Waals surface area contributed by atoms with E-state index >= 15 is 0 Å². The van der Waals surface area contributed by atoms with Crippen LogP contribution in [0.4, 0.5) is 0 Å². The first-order valence-corrected chi connectivity index (χ1v) is 10.0. The number of hydrogen-bond donors (Lipinski definition) is 1. The molecule has 1 aliphatic carbocycles. The lowest BCUT2D eigenvalue weighted by Gasteiger charge is -2.22. The van der Waals surface area contributed by atoms with Crippen LogP contribution >= 0.6 is 11.3 Å². The average molecular weight is 373 g/mol. The van der Waals surface area contributed by atoms with Crippen LogP contribution in [0.3, 0.4) is 0 Å². The molecular formula is C20H28N4OS. The van der Waals surface area contributed by atoms with E-state index in [0.717, 1.165) is 36.2 Å². The second kappa shape index (κ2) is 8.64. The second-order valence-electron chi connectivity index (χ2n) is 6.71. The lowest BCUT2D eigenvalue weighted by atomic mass is 10.1. The number of guanidine groups is 1. The van der Waals surface area contributed by atoms with Crippen molar-refractivity contribution in [3.63, 3.8) is 0 Å². The summed E-state index contributed by atoms with van der Waals surface area (Å²) in [5.41, 5.74) is 2.46. The van der Waals surface area contributed by atoms with Gasteiger partial charge >= 0.3 is 0 Å². The zero-order valence-electron chi connectivity index (χ0n) is 16.0. The van der Waals surface area contributed by atoms with Crippen LogP contribution in [0.15, 0.2) is 40.7 Å². The molecule has 2 aromatic rings. The van der Waals surface area contributed by atoms with Crippen LogP contribution < -0.4 is 5.32 Å². The Bertz CT molecular complexity index is 730. The van der Waals surface area contributed by atoms with Gasteiger partial charge in [-0.1, -0.05) is 30.3 Å². The van der Waals surface area contributed by atoms with Crippen molar-refractivity contribution in [2.45, 2.75) is 44.9 Å². The van der Waals surface area contributed by atoms with Gasteiger partial charge < -0.3 is 15.0 Å². The van der Waals surface area contributed by atoms with Gasteiger partial charge in [0.05, 0.1) is 12.2 Å². The van der Waals surface area contributed by atoms with Crippen molar-refractivity contribution in [3.8, 4) is 0 Å². The van der Waals surface area contributed by atoms with Crippen LogP contribution in [0.5, 0.6) is 0 Å². The Kier molecular flexibility index (Phi) is 6.27. The first-order valence-electron chi connectivity index (χ1n) is 9.16. The number of nitrogens with zero attached hydrogens (tertiary/aromatic N) is 3. The normalized spacial score (nSPS) is 20.7. The third kappa shape index (κ3) is 4.62. The summed E-state index contributed by atoms with van der Waals surface area (Å²) >= 11 is 1.65. The first-order chi connectivity index (χ1) is 12.6. The lowest BCUT2D eigenvalue weighted by molar-refractivity contribution is 0.119. The smallest absolute Gasteiger partial charge is 0.194 e. The molecule has 0 radical (unpaired) electrons. The number of rotatable bonds is 7. The van der Waals surface area contributed by atoms with Gasteiger partial charge in [0.2, 0.25) is 0 Å². The summed E-state index contributed by atoms with van der Waals surface area (Å²) in [6.45, 7) is 5.59. The van der Waals surface area contributed by atoms with Gasteiger partial charge in [-0.05, 0) is 25.8 Å². The Morgan fingerprint density at radius 1 is 1.42 bits per heavy atom. The monoisotopic (exact) mass is 372 g/mol. The Morgan fingerprint density at radius 3 is 2.88 bits per heavy atom. The molecule has 140 valence electrons. The molecular weight excluding hydrogens is 344 g/mol. The number of ether oxygens (including phenoxy) is 1. The van der Waals surface area contributed by atoms with Crippen molar-refractivity contribution in [2.75, 3.05) is 20.7 Å². The molecule has 1 aliphatic rings. The van der Waals surface area contributed by atoms with E-state index in [4.69, 9.17) is 4.74 Å². The van der Waals surface area contributed by atoms with Gasteiger partial charge in [-0.2, -0.15) is 0 Å². The van der Waals surface area contributed by atoms with Crippen molar-refractivity contribution >= 4 is 17.3 Å². The van der Waals surface area contributed by atoms with E-state index in [2.05, 4.69) is 69.9 Å². The number of aliphatic imine (C=N–C) groups is 1. The average Bonchev–Trinajstić information content (AvgIpc) is 3.28. The molecule has 1 aromatic carbocycles. The van der Waals surface area contributed by atoms with Crippen LogP contribution in [0.2, 0.25) is 0 Å². The molecule has 1 heterocycles. The Labute approximate surface area is 160 Å². The summed E-state index contributed by atoms with van der Waals surface area (Å²) in [4.78, 5) is 11.5. The molecule has 1 fully saturated rings. The van der Waals surface area contributed by atoms with E-state index < -0.39 is 0 Å².